The van der Waals surface area contributed by atoms with E-state index in [0.29, 0.717) is 78.5 Å². The van der Waals surface area contributed by atoms with E-state index in [1.807, 2.05) is 104 Å². The summed E-state index contributed by atoms with van der Waals surface area (Å²) in [6.07, 6.45) is 19.8. The summed E-state index contributed by atoms with van der Waals surface area (Å²) in [5.74, 6) is -3.02. The number of ether oxygens (including phenoxy) is 8. The van der Waals surface area contributed by atoms with Gasteiger partial charge in [-0.15, -0.1) is 49.2 Å². The maximum atomic E-state index is 14.6. The summed E-state index contributed by atoms with van der Waals surface area (Å²) in [4.78, 5) is 0. The van der Waals surface area contributed by atoms with E-state index in [0.717, 1.165) is 35.6 Å². The summed E-state index contributed by atoms with van der Waals surface area (Å²) in [5.41, 5.74) is 3.52. The predicted molar refractivity (Wildman–Crippen MR) is 255 cm³/mol. The third-order valence-corrected chi connectivity index (χ3v) is 9.75. The van der Waals surface area contributed by atoms with Gasteiger partial charge in [-0.05, 0) is 91.0 Å². The van der Waals surface area contributed by atoms with Crippen LogP contribution in [0.2, 0.25) is 0 Å². The number of halogens is 4. The maximum absolute atomic E-state index is 14.6. The Morgan fingerprint density at radius 3 is 0.855 bits per heavy atom. The molecule has 2 aliphatic carbocycles. The zero-order valence-corrected chi connectivity index (χ0v) is 43.0. The molecule has 0 radical (unpaired) electrons. The molecule has 0 N–H and O–H groups in total. The Hall–Kier alpha value is -3.93. The summed E-state index contributed by atoms with van der Waals surface area (Å²) < 4.78 is 105. The molecule has 0 fully saturated rings. The molecule has 0 unspecified atom stereocenters. The molecule has 69 heavy (non-hydrogen) atoms. The molecule has 0 atom stereocenters. The van der Waals surface area contributed by atoms with Crippen molar-refractivity contribution in [2.24, 2.45) is 0 Å². The number of hydrogen-bond donors (Lipinski definition) is 0. The van der Waals surface area contributed by atoms with E-state index in [2.05, 4.69) is 36.4 Å². The summed E-state index contributed by atoms with van der Waals surface area (Å²) >= 11 is 0. The van der Waals surface area contributed by atoms with Gasteiger partial charge in [0.1, 0.15) is 0 Å². The molecule has 2 aromatic heterocycles. The van der Waals surface area contributed by atoms with Crippen LogP contribution in [0.25, 0.3) is 11.4 Å². The van der Waals surface area contributed by atoms with E-state index < -0.39 is 48.4 Å². The molecule has 6 rings (SSSR count). The van der Waals surface area contributed by atoms with Gasteiger partial charge in [-0.25, -0.2) is 41.9 Å². The standard InChI is InChI=1S/2C22H30F2NO4.2C5H5.Ti/c2*1-5-26-21(27-6-2)14-17-10-11-18(15-22(28-7-3)29-8-4)25(17)20-12-9-16(23)13-19(20)24;2*1-2-4-5-3-1;/h2*9-12,21-22H,5-8,14-15H2,1-4H3;2*1-3H,4H2;/q4*-1;+4. The first kappa shape index (κ1) is 61.2. The quantitative estimate of drug-likeness (QED) is 0.0266. The first-order valence-electron chi connectivity index (χ1n) is 23.6. The Bertz CT molecular complexity index is 1860. The van der Waals surface area contributed by atoms with Crippen molar-refractivity contribution >= 4 is 0 Å². The van der Waals surface area contributed by atoms with Gasteiger partial charge in [0.25, 0.3) is 0 Å². The van der Waals surface area contributed by atoms with Crippen molar-refractivity contribution in [3.8, 4) is 11.4 Å². The van der Waals surface area contributed by atoms with Gasteiger partial charge in [-0.3, -0.25) is 12.2 Å². The molecule has 0 saturated carbocycles. The van der Waals surface area contributed by atoms with E-state index in [1.54, 1.807) is 9.13 Å². The molecule has 15 heteroatoms. The zero-order valence-electron chi connectivity index (χ0n) is 41.5. The third-order valence-electron chi connectivity index (χ3n) is 9.75. The van der Waals surface area contributed by atoms with Crippen LogP contribution in [-0.4, -0.2) is 87.1 Å². The Labute approximate surface area is 423 Å². The van der Waals surface area contributed by atoms with E-state index in [9.17, 15) is 17.6 Å². The van der Waals surface area contributed by atoms with Crippen LogP contribution >= 0.6 is 0 Å². The predicted octanol–water partition coefficient (Wildman–Crippen LogP) is 11.5. The second-order valence-corrected chi connectivity index (χ2v) is 14.5. The molecule has 0 spiro atoms. The second-order valence-electron chi connectivity index (χ2n) is 14.5. The van der Waals surface area contributed by atoms with E-state index in [1.165, 1.54) is 24.3 Å². The number of aromatic nitrogens is 2. The molecular formula is C54H70F4N2O8Ti. The van der Waals surface area contributed by atoms with Crippen molar-refractivity contribution in [2.75, 3.05) is 52.9 Å². The summed E-state index contributed by atoms with van der Waals surface area (Å²) in [7, 11) is 0. The smallest absolute Gasteiger partial charge is 0.369 e. The van der Waals surface area contributed by atoms with Crippen LogP contribution in [0.3, 0.4) is 0 Å². The number of benzene rings is 2. The van der Waals surface area contributed by atoms with Crippen LogP contribution in [0.4, 0.5) is 17.6 Å². The SMILES string of the molecule is CCOC(Cc1ccc(CC(OCC)OCC)n1-c1ccc(F)[c-]c1F)OCC.CCOC(Cc1ccc(CC(OCC)OCC)n1-c1ccc(F)[c-]c1F)OCC.[C-]1=CC=CC1.[C-]1=CC=CC1.[Ti+4]. The molecule has 4 aromatic rings. The van der Waals surface area contributed by atoms with Crippen molar-refractivity contribution in [3.63, 3.8) is 0 Å². The molecule has 0 amide bonds. The van der Waals surface area contributed by atoms with Crippen molar-refractivity contribution in [1.82, 2.24) is 9.13 Å². The molecule has 10 nitrogen and oxygen atoms in total. The summed E-state index contributed by atoms with van der Waals surface area (Å²) in [6.45, 7) is 19.1. The van der Waals surface area contributed by atoms with Crippen LogP contribution < -0.4 is 0 Å². The average molecular weight is 999 g/mol. The van der Waals surface area contributed by atoms with Crippen LogP contribution in [-0.2, 0) is 85.3 Å². The normalized spacial score (nSPS) is 12.4. The van der Waals surface area contributed by atoms with Gasteiger partial charge in [0.15, 0.2) is 25.2 Å². The van der Waals surface area contributed by atoms with Gasteiger partial charge in [0.05, 0.1) is 0 Å². The first-order chi connectivity index (χ1) is 33.1. The zero-order chi connectivity index (χ0) is 49.5. The van der Waals surface area contributed by atoms with Crippen LogP contribution in [0, 0.1) is 47.6 Å². The molecule has 2 heterocycles. The summed E-state index contributed by atoms with van der Waals surface area (Å²) in [5, 5.41) is 0. The Morgan fingerprint density at radius 1 is 0.420 bits per heavy atom. The Balaban J connectivity index is 0.000000386. The van der Waals surface area contributed by atoms with Crippen LogP contribution in [0.1, 0.15) is 91.0 Å². The molecule has 376 valence electrons. The minimum atomic E-state index is -0.766. The van der Waals surface area contributed by atoms with E-state index >= 15 is 0 Å². The van der Waals surface area contributed by atoms with E-state index in [4.69, 9.17) is 37.9 Å². The average Bonchev–Trinajstić information content (AvgIpc) is 4.17. The Morgan fingerprint density at radius 2 is 0.681 bits per heavy atom. The van der Waals surface area contributed by atoms with Crippen molar-refractivity contribution in [1.29, 1.82) is 0 Å². The molecular weight excluding hydrogens is 928 g/mol. The molecule has 0 bridgehead atoms. The van der Waals surface area contributed by atoms with Gasteiger partial charge in [-0.1, -0.05) is 0 Å². The first-order valence-corrected chi connectivity index (χ1v) is 23.6. The van der Waals surface area contributed by atoms with Crippen LogP contribution in [0.5, 0.6) is 0 Å². The number of allylic oxidation sites excluding steroid dienone is 8. The summed E-state index contributed by atoms with van der Waals surface area (Å²) in [6, 6.07) is 17.0. The maximum Gasteiger partial charge on any atom is 4.00 e. The monoisotopic (exact) mass is 998 g/mol. The molecule has 2 aliphatic rings. The molecule has 0 saturated heterocycles. The largest absolute Gasteiger partial charge is 4.00 e. The fraction of sp³-hybridized carbons (Fsp3) is 0.481. The fourth-order valence-corrected chi connectivity index (χ4v) is 7.04. The minimum Gasteiger partial charge on any atom is -0.369 e. The van der Waals surface area contributed by atoms with Crippen molar-refractivity contribution in [3.05, 3.63) is 155 Å². The minimum absolute atomic E-state index is 0. The van der Waals surface area contributed by atoms with Crippen molar-refractivity contribution in [2.45, 2.75) is 119 Å². The van der Waals surface area contributed by atoms with Gasteiger partial charge in [0.2, 0.25) is 0 Å². The fourth-order valence-electron chi connectivity index (χ4n) is 7.04. The van der Waals surface area contributed by atoms with Crippen molar-refractivity contribution < 1.29 is 77.2 Å². The van der Waals surface area contributed by atoms with Gasteiger partial charge in [0, 0.05) is 125 Å². The number of rotatable bonds is 26. The van der Waals surface area contributed by atoms with Gasteiger partial charge >= 0.3 is 21.7 Å². The van der Waals surface area contributed by atoms with Crippen LogP contribution in [0.15, 0.2) is 85.0 Å². The van der Waals surface area contributed by atoms with E-state index in [-0.39, 0.29) is 33.1 Å². The number of hydrogen-bond acceptors (Lipinski definition) is 8. The Kier molecular flexibility index (Phi) is 32.0. The number of nitrogens with zero attached hydrogens (tertiary/aromatic N) is 2. The molecule has 0 aliphatic heterocycles. The third kappa shape index (κ3) is 21.9. The van der Waals surface area contributed by atoms with Gasteiger partial charge in [-0.2, -0.15) is 12.2 Å². The topological polar surface area (TPSA) is 83.7 Å². The second kappa shape index (κ2) is 36.1. The molecule has 2 aromatic carbocycles. The van der Waals surface area contributed by atoms with Gasteiger partial charge < -0.3 is 47.0 Å².